The highest BCUT2D eigenvalue weighted by atomic mass is 32.2. The Bertz CT molecular complexity index is 817. The van der Waals surface area contributed by atoms with Crippen LogP contribution in [0.5, 0.6) is 0 Å². The summed E-state index contributed by atoms with van der Waals surface area (Å²) in [5.74, 6) is -0.280. The molecule has 25 heavy (non-hydrogen) atoms. The van der Waals surface area contributed by atoms with Crippen LogP contribution in [0.2, 0.25) is 0 Å². The first-order valence-electron chi connectivity index (χ1n) is 7.96. The number of methoxy groups -OCH3 is 1. The number of benzene rings is 2. The minimum Gasteiger partial charge on any atom is -0.383 e. The average molecular weight is 362 g/mol. The van der Waals surface area contributed by atoms with Gasteiger partial charge in [-0.3, -0.25) is 4.79 Å². The lowest BCUT2D eigenvalue weighted by molar-refractivity contribution is 0.102. The van der Waals surface area contributed by atoms with Crippen molar-refractivity contribution in [2.45, 2.75) is 18.2 Å². The maximum absolute atomic E-state index is 12.4. The van der Waals surface area contributed by atoms with Gasteiger partial charge in [0.05, 0.1) is 11.5 Å². The second-order valence-corrected chi connectivity index (χ2v) is 7.15. The van der Waals surface area contributed by atoms with Crippen molar-refractivity contribution in [1.29, 1.82) is 0 Å². The van der Waals surface area contributed by atoms with Gasteiger partial charge in [0.15, 0.2) is 0 Å². The third-order valence-corrected chi connectivity index (χ3v) is 5.15. The van der Waals surface area contributed by atoms with Crippen LogP contribution in [-0.2, 0) is 21.2 Å². The van der Waals surface area contributed by atoms with E-state index >= 15 is 0 Å². The van der Waals surface area contributed by atoms with E-state index in [1.807, 2.05) is 31.2 Å². The molecular formula is C18H22N2O4S. The van der Waals surface area contributed by atoms with Crippen molar-refractivity contribution in [1.82, 2.24) is 4.72 Å². The number of rotatable bonds is 8. The molecule has 0 radical (unpaired) electrons. The Hall–Kier alpha value is -2.22. The Morgan fingerprint density at radius 1 is 1.08 bits per heavy atom. The topological polar surface area (TPSA) is 84.5 Å². The number of hydrogen-bond donors (Lipinski definition) is 2. The van der Waals surface area contributed by atoms with Gasteiger partial charge in [-0.25, -0.2) is 13.1 Å². The maximum Gasteiger partial charge on any atom is 0.255 e. The number of para-hydroxylation sites is 1. The molecule has 0 aromatic heterocycles. The Labute approximate surface area is 148 Å². The van der Waals surface area contributed by atoms with Crippen LogP contribution in [0.25, 0.3) is 0 Å². The first-order chi connectivity index (χ1) is 12.0. The van der Waals surface area contributed by atoms with Crippen LogP contribution in [0, 0.1) is 0 Å². The van der Waals surface area contributed by atoms with E-state index in [-0.39, 0.29) is 24.0 Å². The molecule has 0 atom stereocenters. The van der Waals surface area contributed by atoms with Gasteiger partial charge in [-0.05, 0) is 42.3 Å². The predicted octanol–water partition coefficient (Wildman–Crippen LogP) is 2.43. The lowest BCUT2D eigenvalue weighted by Crippen LogP contribution is -2.27. The quantitative estimate of drug-likeness (QED) is 0.707. The van der Waals surface area contributed by atoms with Crippen LogP contribution < -0.4 is 10.0 Å². The summed E-state index contributed by atoms with van der Waals surface area (Å²) in [6.07, 6.45) is 0.806. The van der Waals surface area contributed by atoms with Crippen LogP contribution in [0.4, 0.5) is 5.69 Å². The van der Waals surface area contributed by atoms with Gasteiger partial charge in [0.1, 0.15) is 0 Å². The van der Waals surface area contributed by atoms with Crippen molar-refractivity contribution in [2.75, 3.05) is 25.6 Å². The highest BCUT2D eigenvalue weighted by Gasteiger charge is 2.15. The van der Waals surface area contributed by atoms with Crippen LogP contribution in [-0.4, -0.2) is 34.6 Å². The average Bonchev–Trinajstić information content (AvgIpc) is 2.62. The number of ether oxygens (including phenoxy) is 1. The van der Waals surface area contributed by atoms with Crippen molar-refractivity contribution < 1.29 is 17.9 Å². The molecule has 7 heteroatoms. The highest BCUT2D eigenvalue weighted by Crippen LogP contribution is 2.17. The zero-order valence-electron chi connectivity index (χ0n) is 14.3. The van der Waals surface area contributed by atoms with Gasteiger partial charge in [0.2, 0.25) is 10.0 Å². The number of nitrogens with one attached hydrogen (secondary N) is 2. The molecule has 2 aromatic rings. The van der Waals surface area contributed by atoms with E-state index in [2.05, 4.69) is 10.0 Å². The summed E-state index contributed by atoms with van der Waals surface area (Å²) in [7, 11) is -2.11. The van der Waals surface area contributed by atoms with E-state index in [9.17, 15) is 13.2 Å². The van der Waals surface area contributed by atoms with Crippen LogP contribution in [0.15, 0.2) is 53.4 Å². The number of sulfonamides is 1. The zero-order valence-corrected chi connectivity index (χ0v) is 15.1. The normalized spacial score (nSPS) is 11.3. The molecule has 0 aliphatic heterocycles. The minimum atomic E-state index is -3.61. The van der Waals surface area contributed by atoms with Crippen molar-refractivity contribution in [3.8, 4) is 0 Å². The van der Waals surface area contributed by atoms with E-state index in [1.165, 1.54) is 31.4 Å². The molecule has 0 aliphatic rings. The van der Waals surface area contributed by atoms with Crippen molar-refractivity contribution in [2.24, 2.45) is 0 Å². The van der Waals surface area contributed by atoms with Gasteiger partial charge in [0, 0.05) is 24.9 Å². The first-order valence-corrected chi connectivity index (χ1v) is 9.44. The molecule has 0 fully saturated rings. The van der Waals surface area contributed by atoms with Gasteiger partial charge in [-0.1, -0.05) is 25.1 Å². The van der Waals surface area contributed by atoms with Crippen LogP contribution >= 0.6 is 0 Å². The molecule has 2 aromatic carbocycles. The van der Waals surface area contributed by atoms with Gasteiger partial charge < -0.3 is 10.1 Å². The molecule has 6 nitrogen and oxygen atoms in total. The monoisotopic (exact) mass is 362 g/mol. The van der Waals surface area contributed by atoms with Gasteiger partial charge in [0.25, 0.3) is 5.91 Å². The van der Waals surface area contributed by atoms with E-state index in [0.717, 1.165) is 17.7 Å². The number of carbonyl (C=O) groups excluding carboxylic acids is 1. The standard InChI is InChI=1S/C18H22N2O4S/c1-3-14-6-4-5-7-17(14)20-18(21)15-8-10-16(11-9-15)25(22,23)19-12-13-24-2/h4-11,19H,3,12-13H2,1-2H3,(H,20,21). The Morgan fingerprint density at radius 2 is 1.76 bits per heavy atom. The summed E-state index contributed by atoms with van der Waals surface area (Å²) >= 11 is 0. The summed E-state index contributed by atoms with van der Waals surface area (Å²) in [4.78, 5) is 12.5. The molecule has 0 unspecified atom stereocenters. The SMILES string of the molecule is CCc1ccccc1NC(=O)c1ccc(S(=O)(=O)NCCOC)cc1. The molecule has 0 saturated carbocycles. The fourth-order valence-electron chi connectivity index (χ4n) is 2.29. The third kappa shape index (κ3) is 5.12. The third-order valence-electron chi connectivity index (χ3n) is 3.67. The fraction of sp³-hybridized carbons (Fsp3) is 0.278. The molecule has 0 spiro atoms. The lowest BCUT2D eigenvalue weighted by atomic mass is 10.1. The molecular weight excluding hydrogens is 340 g/mol. The van der Waals surface area contributed by atoms with Gasteiger partial charge in [-0.2, -0.15) is 0 Å². The van der Waals surface area contributed by atoms with Crippen molar-refractivity contribution in [3.05, 3.63) is 59.7 Å². The number of anilines is 1. The number of aryl methyl sites for hydroxylation is 1. The second kappa shape index (κ2) is 8.75. The lowest BCUT2D eigenvalue weighted by Gasteiger charge is -2.10. The van der Waals surface area contributed by atoms with E-state index in [0.29, 0.717) is 5.56 Å². The number of hydrogen-bond acceptors (Lipinski definition) is 4. The molecule has 0 aliphatic carbocycles. The van der Waals surface area contributed by atoms with Gasteiger partial charge in [-0.15, -0.1) is 0 Å². The molecule has 0 bridgehead atoms. The zero-order chi connectivity index (χ0) is 18.3. The fourth-order valence-corrected chi connectivity index (χ4v) is 3.31. The summed E-state index contributed by atoms with van der Waals surface area (Å²) in [6, 6.07) is 13.4. The summed E-state index contributed by atoms with van der Waals surface area (Å²) in [5, 5.41) is 2.86. The van der Waals surface area contributed by atoms with Crippen LogP contribution in [0.3, 0.4) is 0 Å². The summed E-state index contributed by atoms with van der Waals surface area (Å²) < 4.78 is 31.4. The van der Waals surface area contributed by atoms with E-state index in [4.69, 9.17) is 4.74 Å². The molecule has 0 heterocycles. The van der Waals surface area contributed by atoms with Crippen molar-refractivity contribution >= 4 is 21.6 Å². The molecule has 1 amide bonds. The number of amides is 1. The highest BCUT2D eigenvalue weighted by molar-refractivity contribution is 7.89. The van der Waals surface area contributed by atoms with Crippen molar-refractivity contribution in [3.63, 3.8) is 0 Å². The summed E-state index contributed by atoms with van der Waals surface area (Å²) in [6.45, 7) is 2.49. The second-order valence-electron chi connectivity index (χ2n) is 5.38. The largest absolute Gasteiger partial charge is 0.383 e. The number of carbonyl (C=O) groups is 1. The molecule has 2 rings (SSSR count). The van der Waals surface area contributed by atoms with Crippen LogP contribution in [0.1, 0.15) is 22.8 Å². The molecule has 134 valence electrons. The Balaban J connectivity index is 2.10. The predicted molar refractivity (Wildman–Crippen MR) is 97.3 cm³/mol. The smallest absolute Gasteiger partial charge is 0.255 e. The maximum atomic E-state index is 12.4. The molecule has 0 saturated heterocycles. The Morgan fingerprint density at radius 3 is 2.40 bits per heavy atom. The van der Waals surface area contributed by atoms with E-state index < -0.39 is 10.0 Å². The van der Waals surface area contributed by atoms with Gasteiger partial charge >= 0.3 is 0 Å². The molecule has 2 N–H and O–H groups in total. The minimum absolute atomic E-state index is 0.106. The summed E-state index contributed by atoms with van der Waals surface area (Å²) in [5.41, 5.74) is 2.19. The first kappa shape index (κ1) is 19.1. The van der Waals surface area contributed by atoms with E-state index in [1.54, 1.807) is 0 Å². The Kier molecular flexibility index (Phi) is 6.69.